The largest absolute Gasteiger partial charge is 0.379 e. The van der Waals surface area contributed by atoms with Crippen molar-refractivity contribution in [2.45, 2.75) is 0 Å². The summed E-state index contributed by atoms with van der Waals surface area (Å²) in [5.41, 5.74) is 0. The Morgan fingerprint density at radius 1 is 0.867 bits per heavy atom. The molecule has 9 heteroatoms. The summed E-state index contributed by atoms with van der Waals surface area (Å²) in [5, 5.41) is 0. The number of hydrogen-bond donors (Lipinski definition) is 2. The molecule has 0 saturated carbocycles. The molecule has 0 rings (SSSR count). The van der Waals surface area contributed by atoms with E-state index in [-0.39, 0.29) is 26.3 Å². The minimum Gasteiger partial charge on any atom is -0.379 e. The van der Waals surface area contributed by atoms with Crippen LogP contribution in [0.15, 0.2) is 0 Å². The lowest BCUT2D eigenvalue weighted by Crippen LogP contribution is -2.29. The van der Waals surface area contributed by atoms with Crippen LogP contribution in [0.4, 0.5) is 0 Å². The standard InChI is InChI=1S/C6H16N2O5S2/c1-14(9,10)7-3-5-13-6-4-8-15(2,11)12/h7-8H,3-6H2,1-2H3. The lowest BCUT2D eigenvalue weighted by Gasteiger charge is -2.05. The fourth-order valence-corrected chi connectivity index (χ4v) is 1.61. The molecule has 0 fully saturated rings. The third-order valence-electron chi connectivity index (χ3n) is 1.22. The van der Waals surface area contributed by atoms with Gasteiger partial charge in [0.2, 0.25) is 20.0 Å². The minimum atomic E-state index is -3.18. The summed E-state index contributed by atoms with van der Waals surface area (Å²) in [4.78, 5) is 0. The summed E-state index contributed by atoms with van der Waals surface area (Å²) in [6.45, 7) is 0.770. The van der Waals surface area contributed by atoms with Crippen LogP contribution in [0.5, 0.6) is 0 Å². The van der Waals surface area contributed by atoms with Crippen molar-refractivity contribution in [3.05, 3.63) is 0 Å². The van der Waals surface area contributed by atoms with Crippen molar-refractivity contribution in [2.24, 2.45) is 0 Å². The van der Waals surface area contributed by atoms with E-state index >= 15 is 0 Å². The molecule has 15 heavy (non-hydrogen) atoms. The van der Waals surface area contributed by atoms with Crippen molar-refractivity contribution in [1.29, 1.82) is 0 Å². The van der Waals surface area contributed by atoms with E-state index in [9.17, 15) is 16.8 Å². The summed E-state index contributed by atoms with van der Waals surface area (Å²) in [5.74, 6) is 0. The van der Waals surface area contributed by atoms with E-state index in [2.05, 4.69) is 9.44 Å². The van der Waals surface area contributed by atoms with E-state index in [1.807, 2.05) is 0 Å². The van der Waals surface area contributed by atoms with Crippen molar-refractivity contribution >= 4 is 20.0 Å². The third-order valence-corrected chi connectivity index (χ3v) is 2.68. The van der Waals surface area contributed by atoms with Gasteiger partial charge < -0.3 is 4.74 Å². The molecule has 0 saturated heterocycles. The fraction of sp³-hybridized carbons (Fsp3) is 1.00. The predicted molar refractivity (Wildman–Crippen MR) is 56.5 cm³/mol. The molecule has 0 aliphatic carbocycles. The Morgan fingerprint density at radius 3 is 1.47 bits per heavy atom. The molecule has 0 aromatic heterocycles. The molecule has 0 unspecified atom stereocenters. The molecular weight excluding hydrogens is 244 g/mol. The van der Waals surface area contributed by atoms with Crippen LogP contribution in [-0.2, 0) is 24.8 Å². The monoisotopic (exact) mass is 260 g/mol. The second-order valence-electron chi connectivity index (χ2n) is 2.95. The summed E-state index contributed by atoms with van der Waals surface area (Å²) < 4.78 is 51.8. The van der Waals surface area contributed by atoms with Gasteiger partial charge in [-0.3, -0.25) is 0 Å². The van der Waals surface area contributed by atoms with Gasteiger partial charge in [-0.25, -0.2) is 26.3 Å². The van der Waals surface area contributed by atoms with Crippen molar-refractivity contribution in [3.63, 3.8) is 0 Å². The lowest BCUT2D eigenvalue weighted by atomic mass is 10.7. The first-order valence-corrected chi connectivity index (χ1v) is 7.96. The maximum absolute atomic E-state index is 10.6. The SMILES string of the molecule is CS(=O)(=O)NCCOCCNS(C)(=O)=O. The topological polar surface area (TPSA) is 102 Å². The van der Waals surface area contributed by atoms with Crippen LogP contribution in [0.2, 0.25) is 0 Å². The molecule has 0 bridgehead atoms. The maximum atomic E-state index is 10.6. The normalized spacial score (nSPS) is 12.9. The zero-order valence-electron chi connectivity index (χ0n) is 8.69. The summed E-state index contributed by atoms with van der Waals surface area (Å²) >= 11 is 0. The van der Waals surface area contributed by atoms with Gasteiger partial charge in [0.1, 0.15) is 0 Å². The van der Waals surface area contributed by atoms with Crippen molar-refractivity contribution < 1.29 is 21.6 Å². The van der Waals surface area contributed by atoms with Gasteiger partial charge in [-0.1, -0.05) is 0 Å². The highest BCUT2D eigenvalue weighted by Gasteiger charge is 2.00. The predicted octanol–water partition coefficient (Wildman–Crippen LogP) is -1.90. The second-order valence-corrected chi connectivity index (χ2v) is 6.61. The van der Waals surface area contributed by atoms with Gasteiger partial charge >= 0.3 is 0 Å². The highest BCUT2D eigenvalue weighted by Crippen LogP contribution is 1.78. The lowest BCUT2D eigenvalue weighted by molar-refractivity contribution is 0.144. The van der Waals surface area contributed by atoms with Crippen molar-refractivity contribution in [2.75, 3.05) is 38.8 Å². The van der Waals surface area contributed by atoms with Gasteiger partial charge in [0.15, 0.2) is 0 Å². The van der Waals surface area contributed by atoms with E-state index in [4.69, 9.17) is 4.74 Å². The number of ether oxygens (including phenoxy) is 1. The number of rotatable bonds is 8. The van der Waals surface area contributed by atoms with E-state index in [0.29, 0.717) is 0 Å². The van der Waals surface area contributed by atoms with Crippen LogP contribution in [0.3, 0.4) is 0 Å². The molecule has 92 valence electrons. The smallest absolute Gasteiger partial charge is 0.208 e. The van der Waals surface area contributed by atoms with Crippen LogP contribution in [-0.4, -0.2) is 55.7 Å². The van der Waals surface area contributed by atoms with Gasteiger partial charge in [0.25, 0.3) is 0 Å². The summed E-state index contributed by atoms with van der Waals surface area (Å²) in [6, 6.07) is 0. The Morgan fingerprint density at radius 2 is 1.20 bits per heavy atom. The van der Waals surface area contributed by atoms with Crippen LogP contribution in [0, 0.1) is 0 Å². The van der Waals surface area contributed by atoms with Gasteiger partial charge in [-0.2, -0.15) is 0 Å². The first-order valence-electron chi connectivity index (χ1n) is 4.18. The van der Waals surface area contributed by atoms with Crippen molar-refractivity contribution in [1.82, 2.24) is 9.44 Å². The molecule has 0 aliphatic heterocycles. The highest BCUT2D eigenvalue weighted by molar-refractivity contribution is 7.89. The Bertz CT molecular complexity index is 325. The van der Waals surface area contributed by atoms with Crippen LogP contribution in [0.25, 0.3) is 0 Å². The number of nitrogens with one attached hydrogen (secondary N) is 2. The Hall–Kier alpha value is -0.220. The Labute approximate surface area is 90.3 Å². The van der Waals surface area contributed by atoms with Gasteiger partial charge in [-0.15, -0.1) is 0 Å². The molecule has 0 aromatic rings. The van der Waals surface area contributed by atoms with Crippen molar-refractivity contribution in [3.8, 4) is 0 Å². The average Bonchev–Trinajstić information content (AvgIpc) is 1.98. The first-order chi connectivity index (χ1) is 6.71. The highest BCUT2D eigenvalue weighted by atomic mass is 32.2. The average molecular weight is 260 g/mol. The Balaban J connectivity index is 3.34. The summed E-state index contributed by atoms with van der Waals surface area (Å²) in [6.07, 6.45) is 2.11. The second kappa shape index (κ2) is 6.38. The Kier molecular flexibility index (Phi) is 6.29. The van der Waals surface area contributed by atoms with E-state index < -0.39 is 20.0 Å². The molecule has 0 radical (unpaired) electrons. The molecule has 7 nitrogen and oxygen atoms in total. The quantitative estimate of drug-likeness (QED) is 0.496. The maximum Gasteiger partial charge on any atom is 0.208 e. The molecule has 0 aliphatic rings. The molecular formula is C6H16N2O5S2. The van der Waals surface area contributed by atoms with Gasteiger partial charge in [-0.05, 0) is 0 Å². The van der Waals surface area contributed by atoms with Gasteiger partial charge in [0, 0.05) is 13.1 Å². The minimum absolute atomic E-state index is 0.178. The zero-order valence-corrected chi connectivity index (χ0v) is 10.3. The molecule has 0 atom stereocenters. The fourth-order valence-electron chi connectivity index (χ4n) is 0.701. The summed E-state index contributed by atoms with van der Waals surface area (Å²) in [7, 11) is -6.36. The molecule has 0 heterocycles. The first kappa shape index (κ1) is 14.8. The third kappa shape index (κ3) is 13.8. The van der Waals surface area contributed by atoms with Gasteiger partial charge in [0.05, 0.1) is 25.7 Å². The molecule has 0 amide bonds. The van der Waals surface area contributed by atoms with Crippen LogP contribution in [0.1, 0.15) is 0 Å². The van der Waals surface area contributed by atoms with E-state index in [0.717, 1.165) is 12.5 Å². The molecule has 0 spiro atoms. The molecule has 0 aromatic carbocycles. The van der Waals surface area contributed by atoms with Crippen LogP contribution >= 0.6 is 0 Å². The van der Waals surface area contributed by atoms with E-state index in [1.54, 1.807) is 0 Å². The zero-order chi connectivity index (χ0) is 11.9. The van der Waals surface area contributed by atoms with Crippen LogP contribution < -0.4 is 9.44 Å². The number of sulfonamides is 2. The van der Waals surface area contributed by atoms with E-state index in [1.165, 1.54) is 0 Å². The molecule has 2 N–H and O–H groups in total. The number of hydrogen-bond acceptors (Lipinski definition) is 5.